The molecule has 0 aromatic heterocycles. The smallest absolute Gasteiger partial charge is 0.316 e. The number of hydrogen-bond acceptors (Lipinski definition) is 1. The van der Waals surface area contributed by atoms with Crippen LogP contribution in [0.25, 0.3) is 0 Å². The Labute approximate surface area is 116 Å². The third-order valence-corrected chi connectivity index (χ3v) is 2.48. The molecule has 17 heavy (non-hydrogen) atoms. The average molecular weight is 271 g/mol. The Balaban J connectivity index is 0.000000360. The van der Waals surface area contributed by atoms with Gasteiger partial charge in [-0.25, -0.2) is 12.1 Å². The second-order valence-electron chi connectivity index (χ2n) is 4.43. The predicted octanol–water partition coefficient (Wildman–Crippen LogP) is 3.49. The Morgan fingerprint density at radius 1 is 1.06 bits per heavy atom. The van der Waals surface area contributed by atoms with Crippen LogP contribution in [0.3, 0.4) is 0 Å². The van der Waals surface area contributed by atoms with Crippen molar-refractivity contribution in [1.82, 2.24) is 4.90 Å². The molecular weight excluding hydrogens is 250 g/mol. The summed E-state index contributed by atoms with van der Waals surface area (Å²) in [5.74, 6) is 0. The Hall–Kier alpha value is -0.821. The monoisotopic (exact) mass is 271 g/mol. The molecule has 0 radical (unpaired) electrons. The van der Waals surface area contributed by atoms with Crippen molar-refractivity contribution < 1.29 is 17.1 Å². The molecule has 94 valence electrons. The third kappa shape index (κ3) is 6.47. The van der Waals surface area contributed by atoms with Gasteiger partial charge in [-0.3, -0.25) is 0 Å². The maximum atomic E-state index is 2.26. The fourth-order valence-corrected chi connectivity index (χ4v) is 1.60. The first-order valence-electron chi connectivity index (χ1n) is 5.64. The quantitative estimate of drug-likeness (QED) is 0.597. The maximum Gasteiger partial charge on any atom is 2.00 e. The molecule has 0 heterocycles. The summed E-state index contributed by atoms with van der Waals surface area (Å²) >= 11 is 0. The first-order chi connectivity index (χ1) is 7.59. The number of nitrogens with zero attached hydrogens (tertiary/aromatic N) is 1. The predicted molar refractivity (Wildman–Crippen MR) is 70.9 cm³/mol. The van der Waals surface area contributed by atoms with Crippen LogP contribution >= 0.6 is 0 Å². The molecule has 1 nitrogen and oxygen atoms in total. The Morgan fingerprint density at radius 2 is 1.53 bits per heavy atom. The van der Waals surface area contributed by atoms with Gasteiger partial charge in [-0.05, 0) is 20.6 Å². The standard InChI is InChI=1S/C10H16N.C5H5.Fe/c1-8-5-10(6-9(8)2)7-11(3)4;1-2-4-5-3-1;/h5-6H,7H2,1-4H3;1-5H;/q2*-1;+2. The molecule has 2 rings (SSSR count). The Bertz CT molecular complexity index is 348. The zero-order chi connectivity index (χ0) is 12.0. The van der Waals surface area contributed by atoms with Crippen molar-refractivity contribution in [3.05, 3.63) is 59.2 Å². The summed E-state index contributed by atoms with van der Waals surface area (Å²) < 4.78 is 0. The van der Waals surface area contributed by atoms with Crippen molar-refractivity contribution in [1.29, 1.82) is 0 Å². The van der Waals surface area contributed by atoms with Gasteiger partial charge in [-0.1, -0.05) is 13.8 Å². The summed E-state index contributed by atoms with van der Waals surface area (Å²) in [4.78, 5) is 2.19. The van der Waals surface area contributed by atoms with Crippen LogP contribution < -0.4 is 0 Å². The van der Waals surface area contributed by atoms with Crippen LogP contribution in [-0.2, 0) is 23.6 Å². The molecule has 0 fully saturated rings. The molecule has 0 aliphatic heterocycles. The molecule has 0 aliphatic rings. The summed E-state index contributed by atoms with van der Waals surface area (Å²) in [5.41, 5.74) is 4.23. The van der Waals surface area contributed by atoms with Crippen molar-refractivity contribution in [2.75, 3.05) is 14.1 Å². The fourth-order valence-electron chi connectivity index (χ4n) is 1.60. The fraction of sp³-hybridized carbons (Fsp3) is 0.333. The van der Waals surface area contributed by atoms with E-state index in [1.807, 2.05) is 30.3 Å². The van der Waals surface area contributed by atoms with Gasteiger partial charge in [-0.15, -0.1) is 5.56 Å². The number of rotatable bonds is 2. The first-order valence-corrected chi connectivity index (χ1v) is 5.64. The molecule has 0 N–H and O–H groups in total. The first kappa shape index (κ1) is 16.2. The van der Waals surface area contributed by atoms with E-state index in [1.54, 1.807) is 0 Å². The van der Waals surface area contributed by atoms with Crippen molar-refractivity contribution in [2.45, 2.75) is 20.4 Å². The van der Waals surface area contributed by atoms with E-state index >= 15 is 0 Å². The zero-order valence-electron chi connectivity index (χ0n) is 11.0. The molecule has 0 saturated heterocycles. The van der Waals surface area contributed by atoms with E-state index < -0.39 is 0 Å². The summed E-state index contributed by atoms with van der Waals surface area (Å²) in [6, 6.07) is 14.5. The second-order valence-corrected chi connectivity index (χ2v) is 4.43. The summed E-state index contributed by atoms with van der Waals surface area (Å²) in [5, 5.41) is 0. The molecule has 0 amide bonds. The van der Waals surface area contributed by atoms with Crippen molar-refractivity contribution in [3.8, 4) is 0 Å². The van der Waals surface area contributed by atoms with E-state index in [4.69, 9.17) is 0 Å². The molecule has 0 unspecified atom stereocenters. The van der Waals surface area contributed by atoms with Crippen LogP contribution in [0.5, 0.6) is 0 Å². The van der Waals surface area contributed by atoms with Gasteiger partial charge in [0.1, 0.15) is 0 Å². The minimum Gasteiger partial charge on any atom is -0.316 e. The normalized spacial score (nSPS) is 9.47. The molecule has 0 spiro atoms. The molecule has 0 bridgehead atoms. The topological polar surface area (TPSA) is 3.24 Å². The molecule has 2 aromatic carbocycles. The van der Waals surface area contributed by atoms with Gasteiger partial charge in [0.15, 0.2) is 0 Å². The van der Waals surface area contributed by atoms with E-state index in [9.17, 15) is 0 Å². The van der Waals surface area contributed by atoms with Gasteiger partial charge in [-0.2, -0.15) is 41.5 Å². The molecule has 2 heteroatoms. The van der Waals surface area contributed by atoms with Gasteiger partial charge in [0, 0.05) is 0 Å². The van der Waals surface area contributed by atoms with Crippen molar-refractivity contribution >= 4 is 0 Å². The minimum absolute atomic E-state index is 0. The van der Waals surface area contributed by atoms with Gasteiger partial charge in [0.05, 0.1) is 0 Å². The van der Waals surface area contributed by atoms with E-state index in [2.05, 4.69) is 45.0 Å². The van der Waals surface area contributed by atoms with Crippen LogP contribution in [0.4, 0.5) is 0 Å². The van der Waals surface area contributed by atoms with Gasteiger partial charge in [0.2, 0.25) is 0 Å². The zero-order valence-corrected chi connectivity index (χ0v) is 12.2. The van der Waals surface area contributed by atoms with E-state index in [-0.39, 0.29) is 17.1 Å². The van der Waals surface area contributed by atoms with Gasteiger partial charge >= 0.3 is 17.1 Å². The largest absolute Gasteiger partial charge is 2.00 e. The summed E-state index contributed by atoms with van der Waals surface area (Å²) in [6.07, 6.45) is 0. The van der Waals surface area contributed by atoms with Crippen LogP contribution in [0.15, 0.2) is 42.5 Å². The summed E-state index contributed by atoms with van der Waals surface area (Å²) in [7, 11) is 4.19. The van der Waals surface area contributed by atoms with E-state index in [0.29, 0.717) is 0 Å². The van der Waals surface area contributed by atoms with E-state index in [0.717, 1.165) is 6.54 Å². The van der Waals surface area contributed by atoms with Crippen LogP contribution in [-0.4, -0.2) is 19.0 Å². The summed E-state index contributed by atoms with van der Waals surface area (Å²) in [6.45, 7) is 5.37. The molecular formula is C15H21FeN. The number of hydrogen-bond donors (Lipinski definition) is 0. The minimum atomic E-state index is 0. The van der Waals surface area contributed by atoms with Crippen LogP contribution in [0.2, 0.25) is 0 Å². The molecule has 0 saturated carbocycles. The average Bonchev–Trinajstić information content (AvgIpc) is 2.80. The van der Waals surface area contributed by atoms with Gasteiger partial charge in [0.25, 0.3) is 0 Å². The molecule has 0 atom stereocenters. The van der Waals surface area contributed by atoms with Crippen LogP contribution in [0.1, 0.15) is 16.7 Å². The maximum absolute atomic E-state index is 2.26. The Kier molecular flexibility index (Phi) is 7.90. The SMILES string of the molecule is Cc1c[c-](CN(C)C)cc1C.[Fe+2].c1cc[cH-]c1. The van der Waals surface area contributed by atoms with E-state index in [1.165, 1.54) is 16.7 Å². The van der Waals surface area contributed by atoms with Crippen LogP contribution in [0, 0.1) is 13.8 Å². The van der Waals surface area contributed by atoms with Gasteiger partial charge < -0.3 is 4.90 Å². The number of aryl methyl sites for hydroxylation is 2. The van der Waals surface area contributed by atoms with Crippen molar-refractivity contribution in [2.24, 2.45) is 0 Å². The second kappa shape index (κ2) is 8.30. The van der Waals surface area contributed by atoms with Crippen molar-refractivity contribution in [3.63, 3.8) is 0 Å². The Morgan fingerprint density at radius 3 is 1.82 bits per heavy atom. The molecule has 0 aliphatic carbocycles. The molecule has 2 aromatic rings. The third-order valence-electron chi connectivity index (χ3n) is 2.48.